The summed E-state index contributed by atoms with van der Waals surface area (Å²) in [4.78, 5) is 23.2. The van der Waals surface area contributed by atoms with Crippen molar-refractivity contribution in [1.82, 2.24) is 0 Å². The van der Waals surface area contributed by atoms with Crippen LogP contribution in [0.3, 0.4) is 0 Å². The Kier molecular flexibility index (Phi) is 5.79. The summed E-state index contributed by atoms with van der Waals surface area (Å²) in [5, 5.41) is 12.1. The molecule has 0 fully saturated rings. The summed E-state index contributed by atoms with van der Waals surface area (Å²) >= 11 is 5.80. The lowest BCUT2D eigenvalue weighted by Crippen LogP contribution is -2.16. The first-order chi connectivity index (χ1) is 8.93. The topological polar surface area (TPSA) is 75.6 Å². The second-order valence-electron chi connectivity index (χ2n) is 4.12. The SMILES string of the molecule is COC(=O)c1cc(Cl)ccc1NC(=O)CCC(C)O. The molecule has 0 aromatic heterocycles. The summed E-state index contributed by atoms with van der Waals surface area (Å²) in [6.45, 7) is 1.61. The van der Waals surface area contributed by atoms with Crippen LogP contribution in [-0.2, 0) is 9.53 Å². The van der Waals surface area contributed by atoms with E-state index >= 15 is 0 Å². The number of amides is 1. The van der Waals surface area contributed by atoms with Gasteiger partial charge in [0.2, 0.25) is 5.91 Å². The number of rotatable bonds is 5. The minimum Gasteiger partial charge on any atom is -0.465 e. The third-order valence-corrected chi connectivity index (χ3v) is 2.69. The highest BCUT2D eigenvalue weighted by atomic mass is 35.5. The number of halogens is 1. The Morgan fingerprint density at radius 2 is 2.16 bits per heavy atom. The maximum Gasteiger partial charge on any atom is 0.340 e. The van der Waals surface area contributed by atoms with E-state index in [4.69, 9.17) is 16.7 Å². The molecule has 0 aliphatic heterocycles. The Morgan fingerprint density at radius 1 is 1.47 bits per heavy atom. The summed E-state index contributed by atoms with van der Waals surface area (Å²) in [5.41, 5.74) is 0.534. The van der Waals surface area contributed by atoms with Gasteiger partial charge in [-0.3, -0.25) is 4.79 Å². The molecule has 1 unspecified atom stereocenters. The van der Waals surface area contributed by atoms with E-state index in [9.17, 15) is 9.59 Å². The van der Waals surface area contributed by atoms with Crippen LogP contribution in [0.25, 0.3) is 0 Å². The predicted molar refractivity (Wildman–Crippen MR) is 72.3 cm³/mol. The molecule has 2 N–H and O–H groups in total. The van der Waals surface area contributed by atoms with E-state index in [0.717, 1.165) is 0 Å². The fourth-order valence-corrected chi connectivity index (χ4v) is 1.63. The molecule has 1 rings (SSSR count). The van der Waals surface area contributed by atoms with Gasteiger partial charge < -0.3 is 15.2 Å². The molecular weight excluding hydrogens is 270 g/mol. The molecule has 19 heavy (non-hydrogen) atoms. The van der Waals surface area contributed by atoms with Gasteiger partial charge in [0.1, 0.15) is 0 Å². The molecular formula is C13H16ClNO4. The van der Waals surface area contributed by atoms with Crippen LogP contribution in [0.2, 0.25) is 5.02 Å². The number of esters is 1. The van der Waals surface area contributed by atoms with Gasteiger partial charge in [-0.15, -0.1) is 0 Å². The highest BCUT2D eigenvalue weighted by Crippen LogP contribution is 2.21. The molecule has 1 atom stereocenters. The van der Waals surface area contributed by atoms with Gasteiger partial charge in [0, 0.05) is 11.4 Å². The van der Waals surface area contributed by atoms with Crippen molar-refractivity contribution in [2.75, 3.05) is 12.4 Å². The largest absolute Gasteiger partial charge is 0.465 e. The standard InChI is InChI=1S/C13H16ClNO4/c1-8(16)3-6-12(17)15-11-5-4-9(14)7-10(11)13(18)19-2/h4-5,7-8,16H,3,6H2,1-2H3,(H,15,17). The molecule has 1 amide bonds. The van der Waals surface area contributed by atoms with E-state index in [-0.39, 0.29) is 17.9 Å². The van der Waals surface area contributed by atoms with Crippen LogP contribution in [0.15, 0.2) is 18.2 Å². The maximum atomic E-state index is 11.7. The average molecular weight is 286 g/mol. The molecule has 5 nitrogen and oxygen atoms in total. The molecule has 0 heterocycles. The van der Waals surface area contributed by atoms with Crippen LogP contribution in [0.4, 0.5) is 5.69 Å². The van der Waals surface area contributed by atoms with E-state index < -0.39 is 12.1 Å². The Morgan fingerprint density at radius 3 is 2.74 bits per heavy atom. The quantitative estimate of drug-likeness (QED) is 0.814. The number of carbonyl (C=O) groups is 2. The summed E-state index contributed by atoms with van der Waals surface area (Å²) in [7, 11) is 1.25. The molecule has 6 heteroatoms. The fourth-order valence-electron chi connectivity index (χ4n) is 1.46. The molecule has 0 saturated heterocycles. The number of carbonyl (C=O) groups excluding carboxylic acids is 2. The van der Waals surface area contributed by atoms with Crippen LogP contribution < -0.4 is 5.32 Å². The van der Waals surface area contributed by atoms with Gasteiger partial charge in [-0.05, 0) is 31.5 Å². The van der Waals surface area contributed by atoms with Gasteiger partial charge in [0.05, 0.1) is 24.5 Å². The predicted octanol–water partition coefficient (Wildman–Crippen LogP) is 2.23. The number of anilines is 1. The molecule has 1 aromatic carbocycles. The molecule has 1 aromatic rings. The minimum absolute atomic E-state index is 0.168. The second kappa shape index (κ2) is 7.11. The van der Waals surface area contributed by atoms with Gasteiger partial charge in [0.25, 0.3) is 0 Å². The lowest BCUT2D eigenvalue weighted by atomic mass is 10.1. The lowest BCUT2D eigenvalue weighted by molar-refractivity contribution is -0.116. The summed E-state index contributed by atoms with van der Waals surface area (Å²) in [5.74, 6) is -0.860. The molecule has 0 aliphatic rings. The van der Waals surface area contributed by atoms with Crippen molar-refractivity contribution in [1.29, 1.82) is 0 Å². The number of aliphatic hydroxyl groups is 1. The smallest absolute Gasteiger partial charge is 0.340 e. The number of hydrogen-bond acceptors (Lipinski definition) is 4. The highest BCUT2D eigenvalue weighted by Gasteiger charge is 2.14. The van der Waals surface area contributed by atoms with E-state index in [0.29, 0.717) is 17.1 Å². The number of benzene rings is 1. The molecule has 0 aliphatic carbocycles. The third-order valence-electron chi connectivity index (χ3n) is 2.45. The number of ether oxygens (including phenoxy) is 1. The van der Waals surface area contributed by atoms with Crippen molar-refractivity contribution in [2.24, 2.45) is 0 Å². The van der Waals surface area contributed by atoms with E-state index in [1.165, 1.54) is 19.2 Å². The van der Waals surface area contributed by atoms with E-state index in [1.807, 2.05) is 0 Å². The summed E-state index contributed by atoms with van der Waals surface area (Å²) in [6.07, 6.45) is -0.0236. The first-order valence-corrected chi connectivity index (χ1v) is 6.17. The number of hydrogen-bond donors (Lipinski definition) is 2. The number of methoxy groups -OCH3 is 1. The van der Waals surface area contributed by atoms with Crippen molar-refractivity contribution in [3.8, 4) is 0 Å². The number of nitrogens with one attached hydrogen (secondary N) is 1. The number of aliphatic hydroxyl groups excluding tert-OH is 1. The van der Waals surface area contributed by atoms with Gasteiger partial charge >= 0.3 is 5.97 Å². The normalized spacial score (nSPS) is 11.8. The van der Waals surface area contributed by atoms with Gasteiger partial charge in [0.15, 0.2) is 0 Å². The van der Waals surface area contributed by atoms with Crippen molar-refractivity contribution in [3.63, 3.8) is 0 Å². The zero-order valence-corrected chi connectivity index (χ0v) is 11.5. The van der Waals surface area contributed by atoms with Crippen LogP contribution in [0.1, 0.15) is 30.1 Å². The van der Waals surface area contributed by atoms with Gasteiger partial charge in [-0.2, -0.15) is 0 Å². The lowest BCUT2D eigenvalue weighted by Gasteiger charge is -2.10. The van der Waals surface area contributed by atoms with Gasteiger partial charge in [-0.25, -0.2) is 4.79 Å². The molecule has 0 saturated carbocycles. The first-order valence-electron chi connectivity index (χ1n) is 5.79. The van der Waals surface area contributed by atoms with Crippen LogP contribution in [0, 0.1) is 0 Å². The van der Waals surface area contributed by atoms with E-state index in [1.54, 1.807) is 13.0 Å². The van der Waals surface area contributed by atoms with Gasteiger partial charge in [-0.1, -0.05) is 11.6 Å². The molecule has 0 radical (unpaired) electrons. The first kappa shape index (κ1) is 15.5. The van der Waals surface area contributed by atoms with Crippen LogP contribution >= 0.6 is 11.6 Å². The summed E-state index contributed by atoms with van der Waals surface area (Å²) < 4.78 is 4.62. The minimum atomic E-state index is -0.576. The second-order valence-corrected chi connectivity index (χ2v) is 4.55. The third kappa shape index (κ3) is 4.89. The maximum absolute atomic E-state index is 11.7. The van der Waals surface area contributed by atoms with Crippen molar-refractivity contribution in [2.45, 2.75) is 25.9 Å². The summed E-state index contributed by atoms with van der Waals surface area (Å²) in [6, 6.07) is 4.53. The van der Waals surface area contributed by atoms with E-state index in [2.05, 4.69) is 10.1 Å². The zero-order valence-electron chi connectivity index (χ0n) is 10.8. The zero-order chi connectivity index (χ0) is 14.4. The van der Waals surface area contributed by atoms with Crippen LogP contribution in [-0.4, -0.2) is 30.2 Å². The van der Waals surface area contributed by atoms with Crippen molar-refractivity contribution in [3.05, 3.63) is 28.8 Å². The highest BCUT2D eigenvalue weighted by molar-refractivity contribution is 6.31. The Balaban J connectivity index is 2.82. The van der Waals surface area contributed by atoms with Crippen molar-refractivity contribution >= 4 is 29.2 Å². The Labute approximate surface area is 116 Å². The van der Waals surface area contributed by atoms with Crippen LogP contribution in [0.5, 0.6) is 0 Å². The van der Waals surface area contributed by atoms with Crippen molar-refractivity contribution < 1.29 is 19.4 Å². The Hall–Kier alpha value is -1.59. The average Bonchev–Trinajstić information content (AvgIpc) is 2.37. The molecule has 0 bridgehead atoms. The fraction of sp³-hybridized carbons (Fsp3) is 0.385. The molecule has 0 spiro atoms. The molecule has 104 valence electrons. The monoisotopic (exact) mass is 285 g/mol. The Bertz CT molecular complexity index is 474.